The van der Waals surface area contributed by atoms with Crippen LogP contribution in [0.3, 0.4) is 0 Å². The molecule has 6 rings (SSSR count). The number of pyridine rings is 1. The van der Waals surface area contributed by atoms with Gasteiger partial charge < -0.3 is 19.5 Å². The van der Waals surface area contributed by atoms with Gasteiger partial charge in [0.1, 0.15) is 23.5 Å². The molecule has 0 amide bonds. The summed E-state index contributed by atoms with van der Waals surface area (Å²) in [5.41, 5.74) is 5.26. The van der Waals surface area contributed by atoms with Gasteiger partial charge in [0, 0.05) is 64.0 Å². The molecule has 2 aliphatic rings. The van der Waals surface area contributed by atoms with Gasteiger partial charge >= 0.3 is 0 Å². The number of hydrogen-bond donors (Lipinski definition) is 1. The number of nitrogens with zero attached hydrogens (tertiary/aromatic N) is 6. The number of carbonyl (C=O) groups excluding carboxylic acids is 2. The predicted octanol–water partition coefficient (Wildman–Crippen LogP) is 3.79. The molecule has 2 aliphatic heterocycles. The summed E-state index contributed by atoms with van der Waals surface area (Å²) in [4.78, 5) is 48.7. The van der Waals surface area contributed by atoms with Crippen LogP contribution in [0.5, 0.6) is 0 Å². The Morgan fingerprint density at radius 2 is 1.82 bits per heavy atom. The fourth-order valence-electron chi connectivity index (χ4n) is 5.85. The number of nitrogens with one attached hydrogen (secondary N) is 1. The molecule has 2 fully saturated rings. The third-order valence-corrected chi connectivity index (χ3v) is 8.16. The number of ether oxygens (including phenoxy) is 1. The highest BCUT2D eigenvalue weighted by Crippen LogP contribution is 2.29. The standard InChI is InChI=1S/C34H39N7O3/c1-39(2)11-3-4-28(42)16-26-21-40(22-26)20-25-9-10-35-31(17-25)32(43)18-24-5-7-27(8-6-24)30-19-29-33(38-30)36-23-37-34(29)41-12-14-44-15-13-41/h3-10,17,19,23,26H,11-16,18,20-22H2,1-2H3,(H,36,37,38)/b4-3+. The highest BCUT2D eigenvalue weighted by atomic mass is 16.5. The van der Waals surface area contributed by atoms with Crippen LogP contribution in [0.4, 0.5) is 5.82 Å². The number of rotatable bonds is 12. The SMILES string of the molecule is CN(C)C/C=C/C(=O)CC1CN(Cc2ccnc(C(=O)Cc3ccc(-c4cc5c(N6CCOCC6)ncnc5[nH]4)cc3)c2)C1. The highest BCUT2D eigenvalue weighted by molar-refractivity contribution is 5.96. The first kappa shape index (κ1) is 29.8. The quantitative estimate of drug-likeness (QED) is 0.194. The number of H-pyrrole nitrogens is 1. The van der Waals surface area contributed by atoms with Gasteiger partial charge in [-0.1, -0.05) is 30.3 Å². The Hall–Kier alpha value is -4.25. The second-order valence-corrected chi connectivity index (χ2v) is 12.0. The molecule has 2 saturated heterocycles. The van der Waals surface area contributed by atoms with Crippen molar-refractivity contribution in [2.75, 3.05) is 64.9 Å². The minimum atomic E-state index is -0.00719. The van der Waals surface area contributed by atoms with Crippen molar-refractivity contribution in [3.05, 3.63) is 84.0 Å². The summed E-state index contributed by atoms with van der Waals surface area (Å²) >= 11 is 0. The van der Waals surface area contributed by atoms with Crippen LogP contribution in [0.25, 0.3) is 22.3 Å². The maximum Gasteiger partial charge on any atom is 0.185 e. The van der Waals surface area contributed by atoms with Crippen molar-refractivity contribution in [2.24, 2.45) is 5.92 Å². The first-order valence-electron chi connectivity index (χ1n) is 15.2. The number of carbonyl (C=O) groups is 2. The second-order valence-electron chi connectivity index (χ2n) is 12.0. The lowest BCUT2D eigenvalue weighted by Crippen LogP contribution is -2.46. The Kier molecular flexibility index (Phi) is 9.20. The van der Waals surface area contributed by atoms with Crippen molar-refractivity contribution >= 4 is 28.4 Å². The van der Waals surface area contributed by atoms with E-state index >= 15 is 0 Å². The van der Waals surface area contributed by atoms with Gasteiger partial charge in [-0.15, -0.1) is 0 Å². The van der Waals surface area contributed by atoms with Crippen LogP contribution in [-0.4, -0.2) is 101 Å². The van der Waals surface area contributed by atoms with E-state index in [0.29, 0.717) is 31.2 Å². The van der Waals surface area contributed by atoms with Crippen LogP contribution in [-0.2, 0) is 22.5 Å². The summed E-state index contributed by atoms with van der Waals surface area (Å²) in [6.45, 7) is 6.32. The highest BCUT2D eigenvalue weighted by Gasteiger charge is 2.28. The van der Waals surface area contributed by atoms with Crippen molar-refractivity contribution in [3.8, 4) is 11.3 Å². The number of Topliss-reactive ketones (excluding diaryl/α,β-unsaturated/α-hetero) is 1. The topological polar surface area (TPSA) is 108 Å². The van der Waals surface area contributed by atoms with Gasteiger partial charge in [-0.25, -0.2) is 9.97 Å². The molecular weight excluding hydrogens is 554 g/mol. The molecule has 5 heterocycles. The first-order valence-corrected chi connectivity index (χ1v) is 15.2. The van der Waals surface area contributed by atoms with Crippen molar-refractivity contribution in [1.29, 1.82) is 0 Å². The van der Waals surface area contributed by atoms with Crippen LogP contribution >= 0.6 is 0 Å². The normalized spacial score (nSPS) is 16.2. The van der Waals surface area contributed by atoms with E-state index in [-0.39, 0.29) is 18.0 Å². The Balaban J connectivity index is 1.03. The second kappa shape index (κ2) is 13.6. The van der Waals surface area contributed by atoms with Gasteiger partial charge in [-0.05, 0) is 61.0 Å². The summed E-state index contributed by atoms with van der Waals surface area (Å²) in [6.07, 6.45) is 7.81. The molecule has 3 aromatic heterocycles. The molecule has 0 atom stereocenters. The first-order chi connectivity index (χ1) is 21.4. The molecule has 0 saturated carbocycles. The molecule has 0 aliphatic carbocycles. The largest absolute Gasteiger partial charge is 0.378 e. The van der Waals surface area contributed by atoms with Gasteiger partial charge in [-0.2, -0.15) is 0 Å². The van der Waals surface area contributed by atoms with Crippen LogP contribution in [0.15, 0.2) is 67.1 Å². The van der Waals surface area contributed by atoms with Crippen molar-refractivity contribution < 1.29 is 14.3 Å². The van der Waals surface area contributed by atoms with Gasteiger partial charge in [0.2, 0.25) is 0 Å². The van der Waals surface area contributed by atoms with E-state index in [2.05, 4.69) is 35.8 Å². The zero-order valence-corrected chi connectivity index (χ0v) is 25.4. The molecule has 228 valence electrons. The summed E-state index contributed by atoms with van der Waals surface area (Å²) in [5, 5.41) is 0.990. The molecule has 0 radical (unpaired) electrons. The van der Waals surface area contributed by atoms with E-state index < -0.39 is 0 Å². The monoisotopic (exact) mass is 593 g/mol. The summed E-state index contributed by atoms with van der Waals surface area (Å²) in [5.74, 6) is 1.49. The van der Waals surface area contributed by atoms with E-state index in [9.17, 15) is 9.59 Å². The van der Waals surface area contributed by atoms with E-state index in [1.54, 1.807) is 18.6 Å². The van der Waals surface area contributed by atoms with Crippen molar-refractivity contribution in [1.82, 2.24) is 29.7 Å². The van der Waals surface area contributed by atoms with Crippen molar-refractivity contribution in [3.63, 3.8) is 0 Å². The molecule has 44 heavy (non-hydrogen) atoms. The van der Waals surface area contributed by atoms with Crippen LogP contribution in [0.1, 0.15) is 28.0 Å². The Bertz CT molecular complexity index is 1630. The molecule has 10 heteroatoms. The third kappa shape index (κ3) is 7.27. The summed E-state index contributed by atoms with van der Waals surface area (Å²) in [6, 6.07) is 14.0. The Morgan fingerprint density at radius 1 is 1.02 bits per heavy atom. The van der Waals surface area contributed by atoms with Gasteiger partial charge in [0.05, 0.1) is 18.6 Å². The minimum Gasteiger partial charge on any atom is -0.378 e. The average molecular weight is 594 g/mol. The summed E-state index contributed by atoms with van der Waals surface area (Å²) < 4.78 is 5.50. The van der Waals surface area contributed by atoms with Gasteiger partial charge in [-0.3, -0.25) is 19.5 Å². The van der Waals surface area contributed by atoms with Crippen LogP contribution in [0, 0.1) is 5.92 Å². The number of hydrogen-bond acceptors (Lipinski definition) is 9. The number of ketones is 2. The maximum atomic E-state index is 13.1. The Morgan fingerprint density at radius 3 is 2.59 bits per heavy atom. The van der Waals surface area contributed by atoms with Crippen molar-refractivity contribution in [2.45, 2.75) is 19.4 Å². The smallest absolute Gasteiger partial charge is 0.185 e. The van der Waals surface area contributed by atoms with Gasteiger partial charge in [0.25, 0.3) is 0 Å². The molecule has 0 unspecified atom stereocenters. The lowest BCUT2D eigenvalue weighted by atomic mass is 9.93. The zero-order chi connectivity index (χ0) is 30.5. The number of benzene rings is 1. The van der Waals surface area contributed by atoms with E-state index in [0.717, 1.165) is 78.5 Å². The number of morpholine rings is 1. The molecular formula is C34H39N7O3. The fourth-order valence-corrected chi connectivity index (χ4v) is 5.85. The van der Waals surface area contributed by atoms with E-state index in [4.69, 9.17) is 4.74 Å². The number of anilines is 1. The number of likely N-dealkylation sites (tertiary alicyclic amines) is 1. The third-order valence-electron chi connectivity index (χ3n) is 8.16. The number of allylic oxidation sites excluding steroid dienone is 1. The molecule has 0 spiro atoms. The molecule has 1 N–H and O–H groups in total. The number of aromatic amines is 1. The number of aromatic nitrogens is 4. The predicted molar refractivity (Wildman–Crippen MR) is 171 cm³/mol. The van der Waals surface area contributed by atoms with Crippen LogP contribution < -0.4 is 4.90 Å². The molecule has 1 aromatic carbocycles. The van der Waals surface area contributed by atoms with E-state index in [1.165, 1.54) is 0 Å². The summed E-state index contributed by atoms with van der Waals surface area (Å²) in [7, 11) is 3.97. The Labute approximate surface area is 257 Å². The molecule has 4 aromatic rings. The zero-order valence-electron chi connectivity index (χ0n) is 25.4. The fraction of sp³-hybridized carbons (Fsp3) is 0.382. The lowest BCUT2D eigenvalue weighted by molar-refractivity contribution is -0.116. The number of fused-ring (bicyclic) bond motifs is 1. The van der Waals surface area contributed by atoms with E-state index in [1.807, 2.05) is 61.5 Å². The average Bonchev–Trinajstić information content (AvgIpc) is 3.45. The maximum absolute atomic E-state index is 13.1. The lowest BCUT2D eigenvalue weighted by Gasteiger charge is -2.39. The molecule has 0 bridgehead atoms. The molecule has 10 nitrogen and oxygen atoms in total. The number of likely N-dealkylation sites (N-methyl/N-ethyl adjacent to an activating group) is 1. The minimum absolute atomic E-state index is 0.00719. The van der Waals surface area contributed by atoms with Gasteiger partial charge in [0.15, 0.2) is 11.6 Å². The van der Waals surface area contributed by atoms with Crippen LogP contribution in [0.2, 0.25) is 0 Å².